The predicted octanol–water partition coefficient (Wildman–Crippen LogP) is 3.50. The molecule has 2 amide bonds. The zero-order valence-electron chi connectivity index (χ0n) is 22.3. The third-order valence-corrected chi connectivity index (χ3v) is 7.21. The molecule has 2 fully saturated rings. The molecular formula is C28H31F3N6O4. The quantitative estimate of drug-likeness (QED) is 0.442. The van der Waals surface area contributed by atoms with E-state index in [-0.39, 0.29) is 17.5 Å². The number of amides is 2. The maximum absolute atomic E-state index is 13.6. The molecule has 10 nitrogen and oxygen atoms in total. The van der Waals surface area contributed by atoms with Crippen LogP contribution in [0.4, 0.5) is 24.7 Å². The Bertz CT molecular complexity index is 1340. The topological polar surface area (TPSA) is 115 Å². The van der Waals surface area contributed by atoms with E-state index in [9.17, 15) is 27.9 Å². The molecule has 41 heavy (non-hydrogen) atoms. The van der Waals surface area contributed by atoms with E-state index in [0.29, 0.717) is 44.1 Å². The van der Waals surface area contributed by atoms with Crippen molar-refractivity contribution >= 4 is 23.3 Å². The van der Waals surface area contributed by atoms with Crippen molar-refractivity contribution in [2.45, 2.75) is 31.5 Å². The second-order valence-electron chi connectivity index (χ2n) is 10.1. The van der Waals surface area contributed by atoms with Crippen molar-refractivity contribution < 1.29 is 32.3 Å². The average Bonchev–Trinajstić information content (AvgIpc) is 3.45. The summed E-state index contributed by atoms with van der Waals surface area (Å²) in [6, 6.07) is 11.2. The molecule has 2 aromatic heterocycles. The molecule has 0 bridgehead atoms. The Morgan fingerprint density at radius 1 is 0.976 bits per heavy atom. The van der Waals surface area contributed by atoms with Gasteiger partial charge in [-0.3, -0.25) is 9.59 Å². The number of piperazine rings is 1. The van der Waals surface area contributed by atoms with Crippen molar-refractivity contribution in [1.82, 2.24) is 19.8 Å². The normalized spacial score (nSPS) is 17.4. The second kappa shape index (κ2) is 12.3. The largest absolute Gasteiger partial charge is 0.437 e. The van der Waals surface area contributed by atoms with Gasteiger partial charge < -0.3 is 29.5 Å². The fourth-order valence-corrected chi connectivity index (χ4v) is 5.04. The van der Waals surface area contributed by atoms with E-state index in [1.54, 1.807) is 29.2 Å². The Kier molecular flexibility index (Phi) is 8.54. The third kappa shape index (κ3) is 6.85. The number of aliphatic hydroxyl groups is 1. The number of piperidine rings is 1. The molecule has 1 unspecified atom stereocenters. The smallest absolute Gasteiger partial charge is 0.430 e. The standard InChI is InChI=1S/C28H31F3N6O4/c29-28(30,31)24-23(41-26(34-24)19-7-3-1-4-8-19)25(39)33-20-9-10-22(32-17-20)36-13-15-37(16-14-36)27(40)21(38)18-35-11-5-2-6-12-35/h1,3-4,7-10,17,21,38H,2,5-6,11-16,18H2,(H,33,39). The highest BCUT2D eigenvalue weighted by Crippen LogP contribution is 2.34. The monoisotopic (exact) mass is 572 g/mol. The summed E-state index contributed by atoms with van der Waals surface area (Å²) < 4.78 is 46.0. The van der Waals surface area contributed by atoms with Gasteiger partial charge in [0.1, 0.15) is 11.9 Å². The third-order valence-electron chi connectivity index (χ3n) is 7.21. The number of rotatable bonds is 7. The van der Waals surface area contributed by atoms with Gasteiger partial charge in [0.2, 0.25) is 11.7 Å². The van der Waals surface area contributed by atoms with E-state index < -0.39 is 29.6 Å². The first kappa shape index (κ1) is 28.6. The lowest BCUT2D eigenvalue weighted by Crippen LogP contribution is -2.53. The SMILES string of the molecule is O=C(Nc1ccc(N2CCN(C(=O)C(O)CN3CCCCC3)CC2)nc1)c1oc(-c2ccccc2)nc1C(F)(F)F. The number of hydrogen-bond acceptors (Lipinski definition) is 8. The molecule has 0 radical (unpaired) electrons. The molecule has 0 aliphatic carbocycles. The molecule has 0 saturated carbocycles. The minimum atomic E-state index is -4.89. The van der Waals surface area contributed by atoms with Crippen molar-refractivity contribution in [3.05, 3.63) is 60.1 Å². The number of halogens is 3. The number of hydrogen-bond donors (Lipinski definition) is 2. The van der Waals surface area contributed by atoms with Crippen molar-refractivity contribution in [3.63, 3.8) is 0 Å². The maximum atomic E-state index is 13.6. The van der Waals surface area contributed by atoms with E-state index in [4.69, 9.17) is 4.42 Å². The van der Waals surface area contributed by atoms with Gasteiger partial charge in [0.25, 0.3) is 11.8 Å². The number of benzene rings is 1. The minimum Gasteiger partial charge on any atom is -0.430 e. The summed E-state index contributed by atoms with van der Waals surface area (Å²) >= 11 is 0. The van der Waals surface area contributed by atoms with Crippen molar-refractivity contribution in [2.24, 2.45) is 0 Å². The number of carbonyl (C=O) groups excluding carboxylic acids is 2. The zero-order valence-corrected chi connectivity index (χ0v) is 22.3. The van der Waals surface area contributed by atoms with E-state index >= 15 is 0 Å². The van der Waals surface area contributed by atoms with Gasteiger partial charge in [-0.1, -0.05) is 24.6 Å². The lowest BCUT2D eigenvalue weighted by atomic mass is 10.1. The highest BCUT2D eigenvalue weighted by Gasteiger charge is 2.41. The number of anilines is 2. The Labute approximate surface area is 234 Å². The summed E-state index contributed by atoms with van der Waals surface area (Å²) in [5, 5.41) is 12.8. The van der Waals surface area contributed by atoms with Gasteiger partial charge in [0.05, 0.1) is 11.9 Å². The zero-order chi connectivity index (χ0) is 29.0. The highest BCUT2D eigenvalue weighted by atomic mass is 19.4. The molecule has 2 aliphatic heterocycles. The molecule has 2 N–H and O–H groups in total. The lowest BCUT2D eigenvalue weighted by Gasteiger charge is -2.37. The average molecular weight is 573 g/mol. The van der Waals surface area contributed by atoms with Gasteiger partial charge >= 0.3 is 6.18 Å². The van der Waals surface area contributed by atoms with Gasteiger partial charge in [-0.2, -0.15) is 13.2 Å². The molecule has 2 aliphatic rings. The number of likely N-dealkylation sites (tertiary alicyclic amines) is 1. The van der Waals surface area contributed by atoms with Crippen LogP contribution in [0.2, 0.25) is 0 Å². The van der Waals surface area contributed by atoms with Crippen LogP contribution in [0.1, 0.15) is 35.5 Å². The van der Waals surface area contributed by atoms with Crippen LogP contribution >= 0.6 is 0 Å². The number of pyridine rings is 1. The second-order valence-corrected chi connectivity index (χ2v) is 10.1. The lowest BCUT2D eigenvalue weighted by molar-refractivity contribution is -0.142. The number of nitrogens with one attached hydrogen (secondary N) is 1. The molecule has 0 spiro atoms. The van der Waals surface area contributed by atoms with Crippen molar-refractivity contribution in [3.8, 4) is 11.5 Å². The molecular weight excluding hydrogens is 541 g/mol. The summed E-state index contributed by atoms with van der Waals surface area (Å²) in [5.74, 6) is -2.04. The van der Waals surface area contributed by atoms with E-state index in [1.807, 2.05) is 4.90 Å². The predicted molar refractivity (Wildman–Crippen MR) is 144 cm³/mol. The fourth-order valence-electron chi connectivity index (χ4n) is 5.04. The number of nitrogens with zero attached hydrogens (tertiary/aromatic N) is 5. The Balaban J connectivity index is 1.18. The van der Waals surface area contributed by atoms with Gasteiger partial charge in [0.15, 0.2) is 5.69 Å². The van der Waals surface area contributed by atoms with E-state index in [1.165, 1.54) is 30.8 Å². The van der Waals surface area contributed by atoms with Crippen LogP contribution in [-0.2, 0) is 11.0 Å². The first-order chi connectivity index (χ1) is 19.7. The number of aromatic nitrogens is 2. The van der Waals surface area contributed by atoms with Gasteiger partial charge in [-0.05, 0) is 50.2 Å². The fraction of sp³-hybridized carbons (Fsp3) is 0.429. The van der Waals surface area contributed by atoms with Crippen LogP contribution in [0.3, 0.4) is 0 Å². The van der Waals surface area contributed by atoms with Crippen LogP contribution < -0.4 is 10.2 Å². The highest BCUT2D eigenvalue weighted by molar-refractivity contribution is 6.03. The number of β-amino-alcohol motifs (C(OH)–C–C–N with tert-alkyl or cyclic N) is 1. The summed E-state index contributed by atoms with van der Waals surface area (Å²) in [6.07, 6.45) is -1.25. The molecule has 4 heterocycles. The number of aliphatic hydroxyl groups excluding tert-OH is 1. The van der Waals surface area contributed by atoms with Gasteiger partial charge in [-0.15, -0.1) is 0 Å². The maximum Gasteiger partial charge on any atom is 0.437 e. The first-order valence-corrected chi connectivity index (χ1v) is 13.5. The summed E-state index contributed by atoms with van der Waals surface area (Å²) in [6.45, 7) is 3.98. The summed E-state index contributed by atoms with van der Waals surface area (Å²) in [5.41, 5.74) is -0.924. The minimum absolute atomic E-state index is 0.180. The van der Waals surface area contributed by atoms with Crippen LogP contribution in [0, 0.1) is 0 Å². The van der Waals surface area contributed by atoms with E-state index in [2.05, 4.69) is 20.2 Å². The van der Waals surface area contributed by atoms with Crippen LogP contribution in [-0.4, -0.2) is 88.6 Å². The Morgan fingerprint density at radius 3 is 2.32 bits per heavy atom. The molecule has 1 aromatic carbocycles. The van der Waals surface area contributed by atoms with Crippen LogP contribution in [0.25, 0.3) is 11.5 Å². The Hall–Kier alpha value is -3.97. The summed E-state index contributed by atoms with van der Waals surface area (Å²) in [4.78, 5) is 39.1. The van der Waals surface area contributed by atoms with Gasteiger partial charge in [-0.25, -0.2) is 9.97 Å². The van der Waals surface area contributed by atoms with Crippen molar-refractivity contribution in [1.29, 1.82) is 0 Å². The molecule has 13 heteroatoms. The van der Waals surface area contributed by atoms with Crippen LogP contribution in [0.5, 0.6) is 0 Å². The molecule has 3 aromatic rings. The van der Waals surface area contributed by atoms with Gasteiger partial charge in [0, 0.05) is 38.3 Å². The Morgan fingerprint density at radius 2 is 1.68 bits per heavy atom. The molecule has 5 rings (SSSR count). The van der Waals surface area contributed by atoms with Crippen molar-refractivity contribution in [2.75, 3.05) is 56.0 Å². The molecule has 2 saturated heterocycles. The number of carbonyl (C=O) groups is 2. The molecule has 1 atom stereocenters. The summed E-state index contributed by atoms with van der Waals surface area (Å²) in [7, 11) is 0. The van der Waals surface area contributed by atoms with Crippen LogP contribution in [0.15, 0.2) is 53.1 Å². The number of alkyl halides is 3. The first-order valence-electron chi connectivity index (χ1n) is 13.5. The number of oxazole rings is 1. The van der Waals surface area contributed by atoms with E-state index in [0.717, 1.165) is 25.9 Å². The molecule has 218 valence electrons.